The molecular formula is C11H24BN. The van der Waals surface area contributed by atoms with E-state index in [0.717, 1.165) is 6.54 Å². The van der Waals surface area contributed by atoms with Gasteiger partial charge in [0, 0.05) is 0 Å². The van der Waals surface area contributed by atoms with E-state index in [1.165, 1.54) is 57.8 Å². The number of nitrogens with two attached hydrogens (primary N) is 1. The summed E-state index contributed by atoms with van der Waals surface area (Å²) in [6.45, 7) is 0.882. The molecule has 1 saturated carbocycles. The van der Waals surface area contributed by atoms with Crippen molar-refractivity contribution in [3.05, 3.63) is 0 Å². The van der Waals surface area contributed by atoms with Gasteiger partial charge in [0.2, 0.25) is 0 Å². The van der Waals surface area contributed by atoms with E-state index in [1.54, 1.807) is 0 Å². The van der Waals surface area contributed by atoms with Crippen LogP contribution in [0.25, 0.3) is 0 Å². The lowest BCUT2D eigenvalue weighted by Gasteiger charge is -2.29. The second kappa shape index (κ2) is 5.69. The van der Waals surface area contributed by atoms with Crippen LogP contribution >= 0.6 is 0 Å². The zero-order chi connectivity index (χ0) is 9.57. The van der Waals surface area contributed by atoms with Gasteiger partial charge in [-0.05, 0) is 11.9 Å². The lowest BCUT2D eigenvalue weighted by Crippen LogP contribution is -2.24. The van der Waals surface area contributed by atoms with Gasteiger partial charge in [-0.25, -0.2) is 0 Å². The predicted molar refractivity (Wildman–Crippen MR) is 61.8 cm³/mol. The minimum Gasteiger partial charge on any atom is -0.331 e. The van der Waals surface area contributed by atoms with Gasteiger partial charge in [0.25, 0.3) is 0 Å². The van der Waals surface area contributed by atoms with Crippen molar-refractivity contribution in [3.63, 3.8) is 0 Å². The smallest absolute Gasteiger partial charge is 0.111 e. The average molecular weight is 181 g/mol. The zero-order valence-corrected chi connectivity index (χ0v) is 9.15. The highest BCUT2D eigenvalue weighted by molar-refractivity contribution is 6.15. The Morgan fingerprint density at radius 3 is 1.62 bits per heavy atom. The molecule has 1 aliphatic rings. The van der Waals surface area contributed by atoms with Gasteiger partial charge in [-0.15, -0.1) is 0 Å². The molecule has 2 N–H and O–H groups in total. The van der Waals surface area contributed by atoms with Gasteiger partial charge in [0.1, 0.15) is 7.85 Å². The van der Waals surface area contributed by atoms with Crippen LogP contribution in [0.2, 0.25) is 5.31 Å². The van der Waals surface area contributed by atoms with Crippen molar-refractivity contribution in [2.75, 3.05) is 6.54 Å². The fourth-order valence-electron chi connectivity index (χ4n) is 2.32. The van der Waals surface area contributed by atoms with Crippen LogP contribution in [0.3, 0.4) is 0 Å². The summed E-state index contributed by atoms with van der Waals surface area (Å²) in [6, 6.07) is 0. The SMILES string of the molecule is BC1(CN)CCCCCCCCC1. The zero-order valence-electron chi connectivity index (χ0n) is 9.15. The van der Waals surface area contributed by atoms with E-state index in [2.05, 4.69) is 7.85 Å². The Labute approximate surface area is 83.9 Å². The number of hydrogen-bond donors (Lipinski definition) is 1. The molecule has 0 unspecified atom stereocenters. The summed E-state index contributed by atoms with van der Waals surface area (Å²) in [6.07, 6.45) is 12.7. The van der Waals surface area contributed by atoms with Crippen molar-refractivity contribution in [2.24, 2.45) is 5.73 Å². The largest absolute Gasteiger partial charge is 0.331 e. The summed E-state index contributed by atoms with van der Waals surface area (Å²) in [5, 5.41) is 0.456. The van der Waals surface area contributed by atoms with Crippen LogP contribution in [-0.4, -0.2) is 14.4 Å². The molecule has 1 fully saturated rings. The molecular weight excluding hydrogens is 157 g/mol. The van der Waals surface area contributed by atoms with E-state index in [1.807, 2.05) is 0 Å². The lowest BCUT2D eigenvalue weighted by atomic mass is 9.62. The quantitative estimate of drug-likeness (QED) is 0.617. The standard InChI is InChI=1S/C11H24BN/c12-11(10-13)8-6-4-2-1-3-5-7-9-11/h1-10,12-13H2. The Morgan fingerprint density at radius 2 is 1.23 bits per heavy atom. The van der Waals surface area contributed by atoms with Crippen LogP contribution in [0.5, 0.6) is 0 Å². The van der Waals surface area contributed by atoms with E-state index in [-0.39, 0.29) is 0 Å². The second-order valence-corrected chi connectivity index (χ2v) is 4.99. The van der Waals surface area contributed by atoms with E-state index in [0.29, 0.717) is 5.31 Å². The van der Waals surface area contributed by atoms with Crippen molar-refractivity contribution >= 4 is 7.85 Å². The maximum atomic E-state index is 5.85. The van der Waals surface area contributed by atoms with Crippen LogP contribution in [0.1, 0.15) is 57.8 Å². The Bertz CT molecular complexity index is 126. The summed E-state index contributed by atoms with van der Waals surface area (Å²) in [5.74, 6) is 0. The third kappa shape index (κ3) is 4.17. The van der Waals surface area contributed by atoms with E-state index < -0.39 is 0 Å². The molecule has 0 saturated heterocycles. The van der Waals surface area contributed by atoms with Crippen molar-refractivity contribution in [1.82, 2.24) is 0 Å². The first kappa shape index (κ1) is 11.1. The van der Waals surface area contributed by atoms with Gasteiger partial charge in [-0.2, -0.15) is 0 Å². The van der Waals surface area contributed by atoms with E-state index in [4.69, 9.17) is 5.73 Å². The minimum atomic E-state index is 0.456. The molecule has 1 rings (SSSR count). The van der Waals surface area contributed by atoms with Crippen molar-refractivity contribution in [1.29, 1.82) is 0 Å². The fraction of sp³-hybridized carbons (Fsp3) is 1.00. The molecule has 0 amide bonds. The normalized spacial score (nSPS) is 25.3. The lowest BCUT2D eigenvalue weighted by molar-refractivity contribution is 0.413. The molecule has 0 aliphatic heterocycles. The summed E-state index contributed by atoms with van der Waals surface area (Å²) in [7, 11) is 2.37. The van der Waals surface area contributed by atoms with E-state index in [9.17, 15) is 0 Å². The molecule has 2 heteroatoms. The molecule has 76 valence electrons. The summed E-state index contributed by atoms with van der Waals surface area (Å²) in [4.78, 5) is 0. The van der Waals surface area contributed by atoms with Crippen molar-refractivity contribution < 1.29 is 0 Å². The average Bonchev–Trinajstić information content (AvgIpc) is 2.16. The monoisotopic (exact) mass is 181 g/mol. The van der Waals surface area contributed by atoms with Crippen LogP contribution in [0, 0.1) is 0 Å². The van der Waals surface area contributed by atoms with Crippen LogP contribution < -0.4 is 5.73 Å². The maximum absolute atomic E-state index is 5.85. The molecule has 0 aromatic carbocycles. The van der Waals surface area contributed by atoms with E-state index >= 15 is 0 Å². The summed E-state index contributed by atoms with van der Waals surface area (Å²) < 4.78 is 0. The minimum absolute atomic E-state index is 0.456. The third-order valence-corrected chi connectivity index (χ3v) is 3.55. The molecule has 1 aliphatic carbocycles. The summed E-state index contributed by atoms with van der Waals surface area (Å²) >= 11 is 0. The third-order valence-electron chi connectivity index (χ3n) is 3.55. The van der Waals surface area contributed by atoms with Gasteiger partial charge in [-0.1, -0.05) is 57.8 Å². The van der Waals surface area contributed by atoms with Gasteiger partial charge in [0.15, 0.2) is 0 Å². The van der Waals surface area contributed by atoms with Gasteiger partial charge in [0.05, 0.1) is 0 Å². The molecule has 13 heavy (non-hydrogen) atoms. The Hall–Kier alpha value is 0.0249. The molecule has 1 nitrogen and oxygen atoms in total. The second-order valence-electron chi connectivity index (χ2n) is 4.99. The molecule has 0 heterocycles. The Balaban J connectivity index is 2.34. The van der Waals surface area contributed by atoms with Crippen molar-refractivity contribution in [2.45, 2.75) is 63.1 Å². The van der Waals surface area contributed by atoms with Gasteiger partial charge >= 0.3 is 0 Å². The molecule has 0 spiro atoms. The van der Waals surface area contributed by atoms with Crippen LogP contribution in [0.15, 0.2) is 0 Å². The first-order chi connectivity index (χ1) is 6.27. The Kier molecular flexibility index (Phi) is 4.86. The van der Waals surface area contributed by atoms with Gasteiger partial charge in [-0.3, -0.25) is 0 Å². The highest BCUT2D eigenvalue weighted by atomic mass is 14.6. The molecule has 0 aromatic rings. The van der Waals surface area contributed by atoms with Gasteiger partial charge < -0.3 is 5.73 Å². The number of hydrogen-bond acceptors (Lipinski definition) is 1. The number of rotatable bonds is 1. The summed E-state index contributed by atoms with van der Waals surface area (Å²) in [5.41, 5.74) is 5.85. The molecule has 0 atom stereocenters. The van der Waals surface area contributed by atoms with Crippen molar-refractivity contribution in [3.8, 4) is 0 Å². The first-order valence-electron chi connectivity index (χ1n) is 5.97. The maximum Gasteiger partial charge on any atom is 0.111 e. The predicted octanol–water partition coefficient (Wildman–Crippen LogP) is 2.26. The highest BCUT2D eigenvalue weighted by Gasteiger charge is 2.21. The molecule has 0 aromatic heterocycles. The Morgan fingerprint density at radius 1 is 0.846 bits per heavy atom. The van der Waals surface area contributed by atoms with Crippen LogP contribution in [0.4, 0.5) is 0 Å². The van der Waals surface area contributed by atoms with Crippen LogP contribution in [-0.2, 0) is 0 Å². The topological polar surface area (TPSA) is 26.0 Å². The molecule has 0 radical (unpaired) electrons. The molecule has 0 bridgehead atoms. The fourth-order valence-corrected chi connectivity index (χ4v) is 2.32. The first-order valence-corrected chi connectivity index (χ1v) is 5.97. The highest BCUT2D eigenvalue weighted by Crippen LogP contribution is 2.35.